The molecule has 1 aromatic carbocycles. The number of amides is 1. The molecule has 3 rings (SSSR count). The Morgan fingerprint density at radius 1 is 1.19 bits per heavy atom. The summed E-state index contributed by atoms with van der Waals surface area (Å²) in [6.45, 7) is 0. The van der Waals surface area contributed by atoms with E-state index in [4.69, 9.17) is 0 Å². The van der Waals surface area contributed by atoms with Crippen LogP contribution in [0.2, 0.25) is 0 Å². The largest absolute Gasteiger partial charge is 0.417 e. The second-order valence-corrected chi connectivity index (χ2v) is 9.40. The normalized spacial score (nSPS) is 21.5. The highest BCUT2D eigenvalue weighted by atomic mass is 32.2. The summed E-state index contributed by atoms with van der Waals surface area (Å²) in [4.78, 5) is 18.3. The Morgan fingerprint density at radius 3 is 2.44 bits per heavy atom. The lowest BCUT2D eigenvalue weighted by Crippen LogP contribution is -2.52. The molecule has 174 valence electrons. The van der Waals surface area contributed by atoms with Crippen molar-refractivity contribution in [2.45, 2.75) is 54.9 Å². The van der Waals surface area contributed by atoms with Gasteiger partial charge in [0.2, 0.25) is 5.91 Å². The summed E-state index contributed by atoms with van der Waals surface area (Å²) in [6.07, 6.45) is 0.173. The van der Waals surface area contributed by atoms with Crippen molar-refractivity contribution >= 4 is 17.7 Å². The first-order valence-corrected chi connectivity index (χ1v) is 11.4. The molecule has 1 aliphatic rings. The molecule has 2 aromatic rings. The first-order chi connectivity index (χ1) is 15.1. The quantitative estimate of drug-likeness (QED) is 0.461. The number of nitrogens with one attached hydrogen (secondary N) is 1. The first kappa shape index (κ1) is 24.5. The maximum atomic E-state index is 14.2. The molecule has 4 nitrogen and oxygen atoms in total. The minimum Gasteiger partial charge on any atom is -0.353 e. The van der Waals surface area contributed by atoms with Crippen LogP contribution < -0.4 is 5.32 Å². The van der Waals surface area contributed by atoms with E-state index in [2.05, 4.69) is 15.2 Å². The minimum absolute atomic E-state index is 0.0253. The fourth-order valence-corrected chi connectivity index (χ4v) is 4.77. The van der Waals surface area contributed by atoms with Crippen molar-refractivity contribution in [3.8, 4) is 0 Å². The number of carbonyl (C=O) groups excluding carboxylic acids is 1. The van der Waals surface area contributed by atoms with Gasteiger partial charge < -0.3 is 10.2 Å². The maximum absolute atomic E-state index is 14.2. The number of hydrogen-bond donors (Lipinski definition) is 1. The molecule has 0 unspecified atom stereocenters. The van der Waals surface area contributed by atoms with Crippen molar-refractivity contribution in [2.24, 2.45) is 0 Å². The summed E-state index contributed by atoms with van der Waals surface area (Å²) in [5.74, 6) is -0.283. The van der Waals surface area contributed by atoms with E-state index in [1.54, 1.807) is 6.07 Å². The summed E-state index contributed by atoms with van der Waals surface area (Å²) in [7, 11) is 4.01. The van der Waals surface area contributed by atoms with E-state index in [9.17, 15) is 22.4 Å². The van der Waals surface area contributed by atoms with Gasteiger partial charge in [0.25, 0.3) is 0 Å². The molecule has 1 N–H and O–H groups in total. The molecule has 0 saturated heterocycles. The first-order valence-electron chi connectivity index (χ1n) is 10.5. The highest BCUT2D eigenvalue weighted by Crippen LogP contribution is 2.36. The highest BCUT2D eigenvalue weighted by molar-refractivity contribution is 7.99. The molecule has 0 spiro atoms. The van der Waals surface area contributed by atoms with Crippen LogP contribution in [0.1, 0.15) is 36.8 Å². The summed E-state index contributed by atoms with van der Waals surface area (Å²) in [5, 5.41) is 3.39. The SMILES string of the molecule is CN(C)C1(Cc2ccccc2F)CCC(NC(=O)CSc2ccc(C(F)(F)F)cn2)CC1. The number of thioether (sulfide) groups is 1. The number of carbonyl (C=O) groups is 1. The molecule has 0 aliphatic heterocycles. The van der Waals surface area contributed by atoms with E-state index < -0.39 is 11.7 Å². The fraction of sp³-hybridized carbons (Fsp3) is 0.478. The van der Waals surface area contributed by atoms with E-state index in [1.807, 2.05) is 26.2 Å². The van der Waals surface area contributed by atoms with Gasteiger partial charge in [-0.2, -0.15) is 13.2 Å². The second-order valence-electron chi connectivity index (χ2n) is 8.40. The number of pyridine rings is 1. The topological polar surface area (TPSA) is 45.2 Å². The van der Waals surface area contributed by atoms with Crippen molar-refractivity contribution in [1.82, 2.24) is 15.2 Å². The summed E-state index contributed by atoms with van der Waals surface area (Å²) < 4.78 is 52.0. The number of likely N-dealkylation sites (N-methyl/N-ethyl adjacent to an activating group) is 1. The molecule has 1 aliphatic carbocycles. The third kappa shape index (κ3) is 6.22. The third-order valence-corrected chi connectivity index (χ3v) is 7.07. The molecule has 0 atom stereocenters. The molecular formula is C23H27F4N3OS. The van der Waals surface area contributed by atoms with Crippen molar-refractivity contribution in [3.05, 3.63) is 59.5 Å². The van der Waals surface area contributed by atoms with Crippen LogP contribution in [0, 0.1) is 5.82 Å². The number of benzene rings is 1. The molecule has 32 heavy (non-hydrogen) atoms. The molecule has 0 radical (unpaired) electrons. The van der Waals surface area contributed by atoms with Crippen LogP contribution in [0.3, 0.4) is 0 Å². The van der Waals surface area contributed by atoms with Crippen LogP contribution in [0.15, 0.2) is 47.6 Å². The maximum Gasteiger partial charge on any atom is 0.417 e. The van der Waals surface area contributed by atoms with Crippen molar-refractivity contribution in [2.75, 3.05) is 19.8 Å². The van der Waals surface area contributed by atoms with Gasteiger partial charge in [-0.05, 0) is 70.0 Å². The Kier molecular flexibility index (Phi) is 7.82. The molecule has 1 amide bonds. The monoisotopic (exact) mass is 469 g/mol. The summed E-state index contributed by atoms with van der Waals surface area (Å²) in [5.41, 5.74) is -0.278. The lowest BCUT2D eigenvalue weighted by atomic mass is 9.74. The molecule has 1 heterocycles. The Balaban J connectivity index is 1.50. The fourth-order valence-electron chi connectivity index (χ4n) is 4.12. The third-order valence-electron chi connectivity index (χ3n) is 6.12. The number of hydrogen-bond acceptors (Lipinski definition) is 4. The van der Waals surface area contributed by atoms with Gasteiger partial charge in [-0.25, -0.2) is 9.37 Å². The van der Waals surface area contributed by atoms with E-state index in [0.717, 1.165) is 49.7 Å². The minimum atomic E-state index is -4.43. The molecule has 1 aromatic heterocycles. The van der Waals surface area contributed by atoms with Gasteiger partial charge in [0.15, 0.2) is 0 Å². The number of rotatable bonds is 7. The van der Waals surface area contributed by atoms with Gasteiger partial charge in [-0.15, -0.1) is 0 Å². The van der Waals surface area contributed by atoms with Gasteiger partial charge in [-0.1, -0.05) is 30.0 Å². The summed E-state index contributed by atoms with van der Waals surface area (Å²) in [6, 6.07) is 9.09. The second kappa shape index (κ2) is 10.2. The zero-order chi connectivity index (χ0) is 23.4. The molecular weight excluding hydrogens is 442 g/mol. The van der Waals surface area contributed by atoms with Crippen molar-refractivity contribution in [3.63, 3.8) is 0 Å². The average Bonchev–Trinajstić information content (AvgIpc) is 2.75. The van der Waals surface area contributed by atoms with Gasteiger partial charge in [-0.3, -0.25) is 4.79 Å². The van der Waals surface area contributed by atoms with Gasteiger partial charge >= 0.3 is 6.18 Å². The number of halogens is 4. The molecule has 1 fully saturated rings. The van der Waals surface area contributed by atoms with Crippen LogP contribution in [-0.4, -0.2) is 47.2 Å². The van der Waals surface area contributed by atoms with Crippen LogP contribution in [0.5, 0.6) is 0 Å². The Bertz CT molecular complexity index is 910. The predicted molar refractivity (Wildman–Crippen MR) is 117 cm³/mol. The lowest BCUT2D eigenvalue weighted by molar-refractivity contribution is -0.137. The standard InChI is InChI=1S/C23H27F4N3OS/c1-30(2)22(13-16-5-3-4-6-19(16)24)11-9-18(10-12-22)29-20(31)15-32-21-8-7-17(14-28-21)23(25,26)27/h3-8,14,18H,9-13,15H2,1-2H3,(H,29,31). The zero-order valence-electron chi connectivity index (χ0n) is 18.1. The molecule has 9 heteroatoms. The van der Waals surface area contributed by atoms with Gasteiger partial charge in [0, 0.05) is 17.8 Å². The van der Waals surface area contributed by atoms with Crippen LogP contribution in [-0.2, 0) is 17.4 Å². The lowest BCUT2D eigenvalue weighted by Gasteiger charge is -2.45. The van der Waals surface area contributed by atoms with E-state index >= 15 is 0 Å². The Morgan fingerprint density at radius 2 is 1.88 bits per heavy atom. The smallest absolute Gasteiger partial charge is 0.353 e. The summed E-state index contributed by atoms with van der Waals surface area (Å²) >= 11 is 1.10. The van der Waals surface area contributed by atoms with Gasteiger partial charge in [0.1, 0.15) is 5.82 Å². The Hall–Kier alpha value is -2.13. The molecule has 0 bridgehead atoms. The Labute approximate surface area is 189 Å². The van der Waals surface area contributed by atoms with E-state index in [1.165, 1.54) is 12.1 Å². The molecule has 1 saturated carbocycles. The van der Waals surface area contributed by atoms with Crippen LogP contribution in [0.4, 0.5) is 17.6 Å². The van der Waals surface area contributed by atoms with Crippen LogP contribution >= 0.6 is 11.8 Å². The predicted octanol–water partition coefficient (Wildman–Crippen LogP) is 4.93. The average molecular weight is 470 g/mol. The van der Waals surface area contributed by atoms with Gasteiger partial charge in [0.05, 0.1) is 16.3 Å². The van der Waals surface area contributed by atoms with E-state index in [0.29, 0.717) is 17.0 Å². The highest BCUT2D eigenvalue weighted by Gasteiger charge is 2.38. The van der Waals surface area contributed by atoms with Crippen molar-refractivity contribution in [1.29, 1.82) is 0 Å². The van der Waals surface area contributed by atoms with Crippen molar-refractivity contribution < 1.29 is 22.4 Å². The number of alkyl halides is 3. The van der Waals surface area contributed by atoms with E-state index in [-0.39, 0.29) is 29.1 Å². The number of aromatic nitrogens is 1. The number of nitrogens with zero attached hydrogens (tertiary/aromatic N) is 2. The zero-order valence-corrected chi connectivity index (χ0v) is 18.9. The van der Waals surface area contributed by atoms with Crippen LogP contribution in [0.25, 0.3) is 0 Å².